The normalized spacial score (nSPS) is 10.6. The number of amides is 1. The fourth-order valence-corrected chi connectivity index (χ4v) is 2.81. The van der Waals surface area contributed by atoms with Crippen molar-refractivity contribution in [3.63, 3.8) is 0 Å². The first-order valence-electron chi connectivity index (χ1n) is 7.92. The van der Waals surface area contributed by atoms with Crippen LogP contribution in [0.2, 0.25) is 0 Å². The number of anilines is 1. The third kappa shape index (κ3) is 4.67. The maximum absolute atomic E-state index is 12.0. The van der Waals surface area contributed by atoms with E-state index in [1.165, 1.54) is 17.3 Å². The van der Waals surface area contributed by atoms with Crippen molar-refractivity contribution in [2.24, 2.45) is 0 Å². The molecule has 0 aliphatic carbocycles. The second-order valence-electron chi connectivity index (χ2n) is 5.42. The Kier molecular flexibility index (Phi) is 5.45. The highest BCUT2D eigenvalue weighted by Gasteiger charge is 2.08. The average molecular weight is 354 g/mol. The summed E-state index contributed by atoms with van der Waals surface area (Å²) in [6, 6.07) is 11.6. The Morgan fingerprint density at radius 2 is 2.00 bits per heavy atom. The number of carbonyl (C=O) groups excluding carboxylic acids is 1. The number of thioether (sulfide) groups is 1. The third-order valence-electron chi connectivity index (χ3n) is 3.51. The number of pyridine rings is 1. The summed E-state index contributed by atoms with van der Waals surface area (Å²) in [6.07, 6.45) is 2.64. The lowest BCUT2D eigenvalue weighted by Gasteiger charge is -2.06. The molecule has 3 aromatic rings. The predicted molar refractivity (Wildman–Crippen MR) is 97.4 cm³/mol. The van der Waals surface area contributed by atoms with Gasteiger partial charge in [0.15, 0.2) is 5.82 Å². The fourth-order valence-electron chi connectivity index (χ4n) is 2.17. The lowest BCUT2D eigenvalue weighted by atomic mass is 10.1. The van der Waals surface area contributed by atoms with Crippen LogP contribution in [0.25, 0.3) is 11.5 Å². The molecule has 0 aliphatic rings. The van der Waals surface area contributed by atoms with Crippen LogP contribution in [-0.2, 0) is 11.2 Å². The molecular formula is C18H18N4O2S. The molecule has 0 aliphatic heterocycles. The van der Waals surface area contributed by atoms with Crippen LogP contribution < -0.4 is 5.32 Å². The molecule has 0 fully saturated rings. The van der Waals surface area contributed by atoms with Crippen molar-refractivity contribution in [3.8, 4) is 11.5 Å². The van der Waals surface area contributed by atoms with Crippen LogP contribution in [0.4, 0.5) is 5.69 Å². The number of aromatic nitrogens is 3. The van der Waals surface area contributed by atoms with Gasteiger partial charge in [0.1, 0.15) is 0 Å². The van der Waals surface area contributed by atoms with Crippen molar-refractivity contribution in [2.45, 2.75) is 25.3 Å². The van der Waals surface area contributed by atoms with E-state index in [2.05, 4.69) is 27.4 Å². The summed E-state index contributed by atoms with van der Waals surface area (Å²) in [6.45, 7) is 3.86. The highest BCUT2D eigenvalue weighted by atomic mass is 32.2. The Morgan fingerprint density at radius 1 is 1.20 bits per heavy atom. The molecule has 0 saturated carbocycles. The predicted octanol–water partition coefficient (Wildman–Crippen LogP) is 3.73. The van der Waals surface area contributed by atoms with Gasteiger partial charge in [-0.1, -0.05) is 36.0 Å². The second kappa shape index (κ2) is 7.94. The molecule has 0 spiro atoms. The first-order chi connectivity index (χ1) is 12.1. The molecular weight excluding hydrogens is 336 g/mol. The van der Waals surface area contributed by atoms with Crippen LogP contribution in [0.1, 0.15) is 18.3 Å². The van der Waals surface area contributed by atoms with Gasteiger partial charge in [0, 0.05) is 11.9 Å². The maximum Gasteiger partial charge on any atom is 0.259 e. The van der Waals surface area contributed by atoms with Crippen LogP contribution in [-0.4, -0.2) is 26.8 Å². The number of aryl methyl sites for hydroxylation is 2. The molecule has 0 saturated heterocycles. The second-order valence-corrected chi connectivity index (χ2v) is 6.41. The third-order valence-corrected chi connectivity index (χ3v) is 4.45. The minimum absolute atomic E-state index is 0.0624. The molecule has 0 radical (unpaired) electrons. The summed E-state index contributed by atoms with van der Waals surface area (Å²) in [5.74, 6) is 1.25. The molecule has 1 N–H and O–H groups in total. The summed E-state index contributed by atoms with van der Waals surface area (Å²) < 4.78 is 5.10. The van der Waals surface area contributed by atoms with Gasteiger partial charge in [-0.05, 0) is 43.2 Å². The molecule has 2 aromatic heterocycles. The van der Waals surface area contributed by atoms with Crippen molar-refractivity contribution in [3.05, 3.63) is 54.0 Å². The van der Waals surface area contributed by atoms with Gasteiger partial charge in [0.05, 0.1) is 16.3 Å². The molecule has 0 atom stereocenters. The van der Waals surface area contributed by atoms with Crippen molar-refractivity contribution in [2.75, 3.05) is 11.1 Å². The molecule has 3 rings (SSSR count). The lowest BCUT2D eigenvalue weighted by Crippen LogP contribution is -2.14. The van der Waals surface area contributed by atoms with Gasteiger partial charge in [0.25, 0.3) is 5.89 Å². The number of rotatable bonds is 6. The molecule has 1 amide bonds. The van der Waals surface area contributed by atoms with E-state index >= 15 is 0 Å². The first-order valence-corrected chi connectivity index (χ1v) is 8.91. The van der Waals surface area contributed by atoms with Crippen LogP contribution in [0, 0.1) is 6.92 Å². The smallest absolute Gasteiger partial charge is 0.259 e. The Bertz CT molecular complexity index is 844. The zero-order chi connectivity index (χ0) is 17.6. The SMILES string of the molecule is CCc1ccc(NC(=O)CSc2ccc(-c3nc(C)no3)cn2)cc1. The Morgan fingerprint density at radius 3 is 2.60 bits per heavy atom. The minimum Gasteiger partial charge on any atom is -0.334 e. The van der Waals surface area contributed by atoms with Gasteiger partial charge < -0.3 is 9.84 Å². The molecule has 128 valence electrons. The molecule has 7 heteroatoms. The van der Waals surface area contributed by atoms with E-state index in [4.69, 9.17) is 4.52 Å². The number of hydrogen-bond acceptors (Lipinski definition) is 6. The molecule has 25 heavy (non-hydrogen) atoms. The van der Waals surface area contributed by atoms with Crippen molar-refractivity contribution < 1.29 is 9.32 Å². The number of nitrogens with zero attached hydrogens (tertiary/aromatic N) is 3. The van der Waals surface area contributed by atoms with Gasteiger partial charge in [0.2, 0.25) is 5.91 Å². The van der Waals surface area contributed by atoms with E-state index in [1.54, 1.807) is 13.1 Å². The van der Waals surface area contributed by atoms with Gasteiger partial charge in [-0.2, -0.15) is 4.98 Å². The molecule has 0 bridgehead atoms. The van der Waals surface area contributed by atoms with E-state index in [0.717, 1.165) is 22.7 Å². The van der Waals surface area contributed by atoms with Crippen LogP contribution in [0.3, 0.4) is 0 Å². The zero-order valence-electron chi connectivity index (χ0n) is 14.0. The summed E-state index contributed by atoms with van der Waals surface area (Å²) >= 11 is 1.37. The average Bonchev–Trinajstić information content (AvgIpc) is 3.07. The molecule has 6 nitrogen and oxygen atoms in total. The zero-order valence-corrected chi connectivity index (χ0v) is 14.8. The van der Waals surface area contributed by atoms with Gasteiger partial charge in [-0.3, -0.25) is 4.79 Å². The van der Waals surface area contributed by atoms with E-state index in [0.29, 0.717) is 17.5 Å². The standard InChI is InChI=1S/C18H18N4O2S/c1-3-13-4-7-15(8-5-13)21-16(23)11-25-17-9-6-14(10-19-17)18-20-12(2)22-24-18/h4-10H,3,11H2,1-2H3,(H,21,23). The fraction of sp³-hybridized carbons (Fsp3) is 0.222. The van der Waals surface area contributed by atoms with E-state index in [1.807, 2.05) is 36.4 Å². The Labute approximate surface area is 150 Å². The van der Waals surface area contributed by atoms with E-state index in [-0.39, 0.29) is 5.91 Å². The number of nitrogens with one attached hydrogen (secondary N) is 1. The van der Waals surface area contributed by atoms with Gasteiger partial charge in [-0.15, -0.1) is 0 Å². The Hall–Kier alpha value is -2.67. The van der Waals surface area contributed by atoms with E-state index < -0.39 is 0 Å². The lowest BCUT2D eigenvalue weighted by molar-refractivity contribution is -0.113. The topological polar surface area (TPSA) is 80.9 Å². The van der Waals surface area contributed by atoms with Crippen molar-refractivity contribution in [1.29, 1.82) is 0 Å². The quantitative estimate of drug-likeness (QED) is 0.679. The summed E-state index contributed by atoms with van der Waals surface area (Å²) in [5.41, 5.74) is 2.80. The highest BCUT2D eigenvalue weighted by molar-refractivity contribution is 7.99. The summed E-state index contributed by atoms with van der Waals surface area (Å²) in [5, 5.41) is 7.40. The molecule has 2 heterocycles. The van der Waals surface area contributed by atoms with Crippen molar-refractivity contribution in [1.82, 2.24) is 15.1 Å². The van der Waals surface area contributed by atoms with Crippen LogP contribution in [0.5, 0.6) is 0 Å². The minimum atomic E-state index is -0.0624. The molecule has 1 aromatic carbocycles. The monoisotopic (exact) mass is 354 g/mol. The Balaban J connectivity index is 1.53. The van der Waals surface area contributed by atoms with Gasteiger partial charge in [-0.25, -0.2) is 4.98 Å². The number of benzene rings is 1. The van der Waals surface area contributed by atoms with Crippen molar-refractivity contribution >= 4 is 23.4 Å². The van der Waals surface area contributed by atoms with Gasteiger partial charge >= 0.3 is 0 Å². The number of carbonyl (C=O) groups is 1. The highest BCUT2D eigenvalue weighted by Crippen LogP contribution is 2.21. The molecule has 0 unspecified atom stereocenters. The van der Waals surface area contributed by atoms with Crippen LogP contribution in [0.15, 0.2) is 52.1 Å². The van der Waals surface area contributed by atoms with E-state index in [9.17, 15) is 4.79 Å². The maximum atomic E-state index is 12.0. The largest absolute Gasteiger partial charge is 0.334 e. The number of hydrogen-bond donors (Lipinski definition) is 1. The summed E-state index contributed by atoms with van der Waals surface area (Å²) in [4.78, 5) is 20.5. The first kappa shape index (κ1) is 17.2. The van der Waals surface area contributed by atoms with Crippen LogP contribution >= 0.6 is 11.8 Å². The summed E-state index contributed by atoms with van der Waals surface area (Å²) in [7, 11) is 0.